The summed E-state index contributed by atoms with van der Waals surface area (Å²) < 4.78 is 6.09. The van der Waals surface area contributed by atoms with Crippen LogP contribution in [-0.2, 0) is 6.61 Å². The van der Waals surface area contributed by atoms with E-state index in [9.17, 15) is 4.79 Å². The smallest absolute Gasteiger partial charge is 0.179 e. The number of ether oxygens (including phenoxy) is 1. The number of ketones is 1. The van der Waals surface area contributed by atoms with E-state index in [4.69, 9.17) is 4.74 Å². The van der Waals surface area contributed by atoms with Crippen LogP contribution < -0.4 is 4.74 Å². The summed E-state index contributed by atoms with van der Waals surface area (Å²) in [4.78, 5) is 21.7. The number of hydrogen-bond donors (Lipinski definition) is 1. The Labute approximate surface area is 209 Å². The Morgan fingerprint density at radius 3 is 2.31 bits per heavy atom. The first-order valence-corrected chi connectivity index (χ1v) is 13.5. The quantitative estimate of drug-likeness (QED) is 0.393. The van der Waals surface area contributed by atoms with Gasteiger partial charge < -0.3 is 19.5 Å². The summed E-state index contributed by atoms with van der Waals surface area (Å²) in [5, 5.41) is 0.982. The van der Waals surface area contributed by atoms with Crippen molar-refractivity contribution < 1.29 is 9.53 Å². The van der Waals surface area contributed by atoms with Crippen LogP contribution in [0.4, 0.5) is 0 Å². The van der Waals surface area contributed by atoms with Crippen LogP contribution in [0.5, 0.6) is 5.75 Å². The van der Waals surface area contributed by atoms with Gasteiger partial charge in [0.05, 0.1) is 5.69 Å². The summed E-state index contributed by atoms with van der Waals surface area (Å²) in [6.45, 7) is 7.68. The van der Waals surface area contributed by atoms with Gasteiger partial charge in [-0.2, -0.15) is 0 Å². The molecule has 1 N–H and O–H groups in total. The molecule has 3 heterocycles. The number of likely N-dealkylation sites (tertiary alicyclic amines) is 2. The number of Topliss-reactive ketones (excluding diaryl/α,β-unsaturated/α-hetero) is 1. The van der Waals surface area contributed by atoms with Crippen LogP contribution >= 0.6 is 0 Å². The van der Waals surface area contributed by atoms with Crippen molar-refractivity contribution in [2.45, 2.75) is 51.6 Å². The highest BCUT2D eigenvalue weighted by Gasteiger charge is 2.23. The lowest BCUT2D eigenvalue weighted by atomic mass is 9.91. The molecule has 0 atom stereocenters. The van der Waals surface area contributed by atoms with Crippen molar-refractivity contribution in [3.05, 3.63) is 65.9 Å². The third-order valence-electron chi connectivity index (χ3n) is 7.77. The molecule has 2 fully saturated rings. The van der Waals surface area contributed by atoms with Gasteiger partial charge in [0.2, 0.25) is 0 Å². The molecule has 1 aromatic heterocycles. The monoisotopic (exact) mass is 473 g/mol. The van der Waals surface area contributed by atoms with Crippen molar-refractivity contribution in [3.8, 4) is 5.75 Å². The van der Waals surface area contributed by atoms with E-state index in [0.29, 0.717) is 24.6 Å². The van der Waals surface area contributed by atoms with Gasteiger partial charge in [-0.1, -0.05) is 49.2 Å². The average molecular weight is 474 g/mol. The Bertz CT molecular complexity index is 1080. The molecule has 0 bridgehead atoms. The van der Waals surface area contributed by atoms with Gasteiger partial charge in [0, 0.05) is 30.4 Å². The van der Waals surface area contributed by atoms with E-state index in [-0.39, 0.29) is 5.78 Å². The summed E-state index contributed by atoms with van der Waals surface area (Å²) in [5.74, 6) is 1.52. The van der Waals surface area contributed by atoms with Crippen LogP contribution in [0.3, 0.4) is 0 Å². The second-order valence-electron chi connectivity index (χ2n) is 10.3. The number of aromatic nitrogens is 1. The minimum atomic E-state index is 0.221. The van der Waals surface area contributed by atoms with Crippen LogP contribution in [-0.4, -0.2) is 59.8 Å². The standard InChI is InChI=1S/C30H39N3O2/c34-29(21-24-13-17-33(18-14-24)20-19-32-15-6-1-2-7-16-32)28-22-26-27(31-28)11-8-12-30(26)35-23-25-9-4-3-5-10-25/h3-5,8-12,22,24,31H,1-2,6-7,13-21,23H2. The van der Waals surface area contributed by atoms with Crippen LogP contribution in [0, 0.1) is 5.92 Å². The molecule has 5 rings (SSSR count). The van der Waals surface area contributed by atoms with Crippen molar-refractivity contribution >= 4 is 16.7 Å². The van der Waals surface area contributed by atoms with Gasteiger partial charge >= 0.3 is 0 Å². The zero-order chi connectivity index (χ0) is 23.9. The lowest BCUT2D eigenvalue weighted by Crippen LogP contribution is -2.40. The molecule has 2 aliphatic rings. The molecule has 35 heavy (non-hydrogen) atoms. The number of aromatic amines is 1. The van der Waals surface area contributed by atoms with E-state index in [1.165, 1.54) is 51.9 Å². The first kappa shape index (κ1) is 24.1. The molecule has 0 aliphatic carbocycles. The largest absolute Gasteiger partial charge is 0.488 e. The van der Waals surface area contributed by atoms with Gasteiger partial charge in [-0.3, -0.25) is 4.79 Å². The predicted octanol–water partition coefficient (Wildman–Crippen LogP) is 5.91. The molecule has 0 radical (unpaired) electrons. The minimum absolute atomic E-state index is 0.221. The predicted molar refractivity (Wildman–Crippen MR) is 142 cm³/mol. The van der Waals surface area contributed by atoms with Gasteiger partial charge in [0.1, 0.15) is 12.4 Å². The van der Waals surface area contributed by atoms with E-state index >= 15 is 0 Å². The van der Waals surface area contributed by atoms with E-state index in [1.54, 1.807) is 0 Å². The van der Waals surface area contributed by atoms with Crippen LogP contribution in [0.15, 0.2) is 54.6 Å². The van der Waals surface area contributed by atoms with Crippen LogP contribution in [0.1, 0.15) is 61.0 Å². The molecule has 2 aliphatic heterocycles. The van der Waals surface area contributed by atoms with Gasteiger partial charge in [-0.05, 0) is 81.5 Å². The number of carbonyl (C=O) groups is 1. The Hall–Kier alpha value is -2.63. The molecular formula is C30H39N3O2. The molecule has 0 unspecified atom stereocenters. The summed E-state index contributed by atoms with van der Waals surface area (Å²) in [6, 6.07) is 18.1. The first-order valence-electron chi connectivity index (χ1n) is 13.5. The number of nitrogens with one attached hydrogen (secondary N) is 1. The summed E-state index contributed by atoms with van der Waals surface area (Å²) in [5.41, 5.74) is 2.80. The number of fused-ring (bicyclic) bond motifs is 1. The minimum Gasteiger partial charge on any atom is -0.488 e. The first-order chi connectivity index (χ1) is 17.2. The van der Waals surface area contributed by atoms with Crippen molar-refractivity contribution in [3.63, 3.8) is 0 Å². The molecule has 3 aromatic rings. The van der Waals surface area contributed by atoms with Crippen molar-refractivity contribution in [2.24, 2.45) is 5.92 Å². The number of nitrogens with zero attached hydrogens (tertiary/aromatic N) is 2. The number of H-pyrrole nitrogens is 1. The Kier molecular flexibility index (Phi) is 8.17. The maximum Gasteiger partial charge on any atom is 0.179 e. The Balaban J connectivity index is 1.12. The number of benzene rings is 2. The zero-order valence-corrected chi connectivity index (χ0v) is 20.9. The summed E-state index contributed by atoms with van der Waals surface area (Å²) in [7, 11) is 0. The molecule has 5 nitrogen and oxygen atoms in total. The van der Waals surface area contributed by atoms with E-state index < -0.39 is 0 Å². The molecule has 5 heteroatoms. The fourth-order valence-corrected chi connectivity index (χ4v) is 5.57. The van der Waals surface area contributed by atoms with Gasteiger partial charge in [-0.25, -0.2) is 0 Å². The SMILES string of the molecule is O=C(CC1CCN(CCN2CCCCCC2)CC1)c1cc2c(OCc3ccccc3)cccc2[nH]1. The normalized spacial score (nSPS) is 18.5. The molecule has 2 saturated heterocycles. The average Bonchev–Trinajstić information content (AvgIpc) is 3.17. The second-order valence-corrected chi connectivity index (χ2v) is 10.3. The van der Waals surface area contributed by atoms with Crippen LogP contribution in [0.25, 0.3) is 10.9 Å². The Morgan fingerprint density at radius 2 is 1.57 bits per heavy atom. The third kappa shape index (κ3) is 6.53. The van der Waals surface area contributed by atoms with E-state index in [1.807, 2.05) is 42.5 Å². The maximum absolute atomic E-state index is 13.1. The third-order valence-corrected chi connectivity index (χ3v) is 7.77. The number of rotatable bonds is 9. The highest BCUT2D eigenvalue weighted by Crippen LogP contribution is 2.29. The van der Waals surface area contributed by atoms with Crippen molar-refractivity contribution in [2.75, 3.05) is 39.3 Å². The van der Waals surface area contributed by atoms with Gasteiger partial charge in [0.15, 0.2) is 5.78 Å². The zero-order valence-electron chi connectivity index (χ0n) is 20.9. The molecule has 186 valence electrons. The fourth-order valence-electron chi connectivity index (χ4n) is 5.57. The number of carbonyl (C=O) groups excluding carboxylic acids is 1. The molecule has 2 aromatic carbocycles. The van der Waals surface area contributed by atoms with Gasteiger partial charge in [-0.15, -0.1) is 0 Å². The number of piperidine rings is 1. The fraction of sp³-hybridized carbons (Fsp3) is 0.500. The van der Waals surface area contributed by atoms with Crippen molar-refractivity contribution in [1.29, 1.82) is 0 Å². The summed E-state index contributed by atoms with van der Waals surface area (Å²) in [6.07, 6.45) is 8.39. The number of hydrogen-bond acceptors (Lipinski definition) is 4. The lowest BCUT2D eigenvalue weighted by Gasteiger charge is -2.33. The highest BCUT2D eigenvalue weighted by molar-refractivity contribution is 6.00. The second kappa shape index (κ2) is 11.9. The van der Waals surface area contributed by atoms with Gasteiger partial charge in [0.25, 0.3) is 0 Å². The topological polar surface area (TPSA) is 48.6 Å². The van der Waals surface area contributed by atoms with Crippen molar-refractivity contribution in [1.82, 2.24) is 14.8 Å². The molecule has 0 saturated carbocycles. The molecular weight excluding hydrogens is 434 g/mol. The highest BCUT2D eigenvalue weighted by atomic mass is 16.5. The molecule has 0 spiro atoms. The van der Waals surface area contributed by atoms with E-state index in [2.05, 4.69) is 26.9 Å². The Morgan fingerprint density at radius 1 is 0.857 bits per heavy atom. The molecule has 0 amide bonds. The lowest BCUT2D eigenvalue weighted by molar-refractivity contribution is 0.0918. The summed E-state index contributed by atoms with van der Waals surface area (Å²) >= 11 is 0. The van der Waals surface area contributed by atoms with E-state index in [0.717, 1.165) is 48.1 Å². The maximum atomic E-state index is 13.1. The van der Waals surface area contributed by atoms with Crippen LogP contribution in [0.2, 0.25) is 0 Å².